The van der Waals surface area contributed by atoms with E-state index in [0.29, 0.717) is 0 Å². The van der Waals surface area contributed by atoms with Gasteiger partial charge in [0.15, 0.2) is 0 Å². The molecule has 3 heteroatoms. The van der Waals surface area contributed by atoms with Crippen LogP contribution in [0.5, 0.6) is 0 Å². The molecule has 0 aromatic heterocycles. The largest absolute Gasteiger partial charge is 0.394 e. The molecule has 1 unspecified atom stereocenters. The summed E-state index contributed by atoms with van der Waals surface area (Å²) in [6.07, 6.45) is 3.24. The summed E-state index contributed by atoms with van der Waals surface area (Å²) < 4.78 is 0. The van der Waals surface area contributed by atoms with Gasteiger partial charge in [-0.05, 0) is 50.6 Å². The molecular formula is C15H25NOS. The predicted molar refractivity (Wildman–Crippen MR) is 80.2 cm³/mol. The van der Waals surface area contributed by atoms with Crippen LogP contribution in [0.4, 0.5) is 0 Å². The fraction of sp³-hybridized carbons (Fsp3) is 0.600. The second kappa shape index (κ2) is 8.57. The zero-order chi connectivity index (χ0) is 13.3. The summed E-state index contributed by atoms with van der Waals surface area (Å²) in [5.74, 6) is 1.10. The van der Waals surface area contributed by atoms with Gasteiger partial charge in [-0.25, -0.2) is 0 Å². The van der Waals surface area contributed by atoms with Gasteiger partial charge >= 0.3 is 0 Å². The van der Waals surface area contributed by atoms with E-state index in [4.69, 9.17) is 0 Å². The minimum atomic E-state index is -0.118. The van der Waals surface area contributed by atoms with E-state index in [9.17, 15) is 5.11 Å². The molecule has 0 radical (unpaired) electrons. The minimum Gasteiger partial charge on any atom is -0.394 e. The zero-order valence-corrected chi connectivity index (χ0v) is 12.3. The highest BCUT2D eigenvalue weighted by Crippen LogP contribution is 2.21. The van der Waals surface area contributed by atoms with E-state index in [1.54, 1.807) is 0 Å². The molecule has 1 aromatic rings. The molecule has 0 aliphatic rings. The zero-order valence-electron chi connectivity index (χ0n) is 11.5. The quantitative estimate of drug-likeness (QED) is 0.532. The lowest BCUT2D eigenvalue weighted by Gasteiger charge is -2.28. The third kappa shape index (κ3) is 5.89. The van der Waals surface area contributed by atoms with Crippen LogP contribution in [-0.2, 0) is 0 Å². The van der Waals surface area contributed by atoms with Gasteiger partial charge in [0.25, 0.3) is 0 Å². The third-order valence-electron chi connectivity index (χ3n) is 3.04. The van der Waals surface area contributed by atoms with Crippen molar-refractivity contribution in [3.8, 4) is 0 Å². The summed E-state index contributed by atoms with van der Waals surface area (Å²) in [6, 6.07) is 10.5. The molecule has 2 N–H and O–H groups in total. The van der Waals surface area contributed by atoms with Crippen molar-refractivity contribution in [2.24, 2.45) is 0 Å². The Bertz CT molecular complexity index is 318. The van der Waals surface area contributed by atoms with Crippen molar-refractivity contribution in [1.82, 2.24) is 5.32 Å². The van der Waals surface area contributed by atoms with Gasteiger partial charge in [-0.1, -0.05) is 25.1 Å². The molecular weight excluding hydrogens is 242 g/mol. The van der Waals surface area contributed by atoms with Crippen molar-refractivity contribution in [3.05, 3.63) is 30.3 Å². The van der Waals surface area contributed by atoms with E-state index in [2.05, 4.69) is 43.4 Å². The van der Waals surface area contributed by atoms with Gasteiger partial charge in [0.2, 0.25) is 0 Å². The molecule has 2 nitrogen and oxygen atoms in total. The van der Waals surface area contributed by atoms with E-state index in [1.807, 2.05) is 17.8 Å². The smallest absolute Gasteiger partial charge is 0.0610 e. The second-order valence-corrected chi connectivity index (χ2v) is 6.08. The van der Waals surface area contributed by atoms with Gasteiger partial charge in [0.05, 0.1) is 6.61 Å². The average Bonchev–Trinajstić information content (AvgIpc) is 2.43. The summed E-state index contributed by atoms with van der Waals surface area (Å²) in [5, 5.41) is 12.9. The van der Waals surface area contributed by atoms with E-state index < -0.39 is 0 Å². The summed E-state index contributed by atoms with van der Waals surface area (Å²) in [6.45, 7) is 5.44. The standard InChI is InChI=1S/C15H25NOS/c1-3-11-16-15(2,13-17)10-7-12-18-14-8-5-4-6-9-14/h4-6,8-9,16-17H,3,7,10-13H2,1-2H3. The van der Waals surface area contributed by atoms with Crippen molar-refractivity contribution >= 4 is 11.8 Å². The average molecular weight is 267 g/mol. The fourth-order valence-electron chi connectivity index (χ4n) is 1.82. The highest BCUT2D eigenvalue weighted by Gasteiger charge is 2.21. The Labute approximate surface area is 115 Å². The van der Waals surface area contributed by atoms with Gasteiger partial charge in [0.1, 0.15) is 0 Å². The van der Waals surface area contributed by atoms with Gasteiger partial charge in [-0.2, -0.15) is 0 Å². The number of rotatable bonds is 9. The molecule has 1 atom stereocenters. The molecule has 102 valence electrons. The van der Waals surface area contributed by atoms with Crippen molar-refractivity contribution in [2.45, 2.75) is 43.5 Å². The van der Waals surface area contributed by atoms with Gasteiger partial charge in [-0.15, -0.1) is 11.8 Å². The number of thioether (sulfide) groups is 1. The van der Waals surface area contributed by atoms with Crippen molar-refractivity contribution < 1.29 is 5.11 Å². The van der Waals surface area contributed by atoms with Crippen LogP contribution in [0.25, 0.3) is 0 Å². The van der Waals surface area contributed by atoms with Crippen LogP contribution < -0.4 is 5.32 Å². The number of aliphatic hydroxyl groups excluding tert-OH is 1. The Morgan fingerprint density at radius 2 is 2.00 bits per heavy atom. The summed E-state index contributed by atoms with van der Waals surface area (Å²) >= 11 is 1.89. The molecule has 0 amide bonds. The molecule has 0 spiro atoms. The first-order valence-corrected chi connectivity index (χ1v) is 7.72. The van der Waals surface area contributed by atoms with Crippen LogP contribution in [0.1, 0.15) is 33.1 Å². The lowest BCUT2D eigenvalue weighted by atomic mass is 9.97. The Morgan fingerprint density at radius 1 is 1.28 bits per heavy atom. The first-order chi connectivity index (χ1) is 8.70. The number of nitrogens with one attached hydrogen (secondary N) is 1. The Balaban J connectivity index is 2.23. The van der Waals surface area contributed by atoms with Gasteiger partial charge < -0.3 is 10.4 Å². The normalized spacial score (nSPS) is 14.4. The van der Waals surface area contributed by atoms with Crippen LogP contribution in [0.2, 0.25) is 0 Å². The summed E-state index contributed by atoms with van der Waals surface area (Å²) in [5.41, 5.74) is -0.118. The molecule has 0 bridgehead atoms. The van der Waals surface area contributed by atoms with Crippen LogP contribution in [0.15, 0.2) is 35.2 Å². The number of hydrogen-bond acceptors (Lipinski definition) is 3. The van der Waals surface area contributed by atoms with Gasteiger partial charge in [0, 0.05) is 10.4 Å². The van der Waals surface area contributed by atoms with Crippen molar-refractivity contribution in [2.75, 3.05) is 18.9 Å². The number of hydrogen-bond donors (Lipinski definition) is 2. The maximum absolute atomic E-state index is 9.46. The summed E-state index contributed by atoms with van der Waals surface area (Å²) in [4.78, 5) is 1.32. The molecule has 0 saturated carbocycles. The molecule has 0 aliphatic carbocycles. The molecule has 1 aromatic carbocycles. The number of benzene rings is 1. The third-order valence-corrected chi connectivity index (χ3v) is 4.13. The lowest BCUT2D eigenvalue weighted by molar-refractivity contribution is 0.165. The SMILES string of the molecule is CCCNC(C)(CO)CCCSc1ccccc1. The Hall–Kier alpha value is -0.510. The molecule has 0 fully saturated rings. The fourth-order valence-corrected chi connectivity index (χ4v) is 2.69. The Kier molecular flexibility index (Phi) is 7.40. The van der Waals surface area contributed by atoms with E-state index >= 15 is 0 Å². The van der Waals surface area contributed by atoms with Crippen LogP contribution in [0.3, 0.4) is 0 Å². The van der Waals surface area contributed by atoms with Crippen LogP contribution >= 0.6 is 11.8 Å². The summed E-state index contributed by atoms with van der Waals surface area (Å²) in [7, 11) is 0. The predicted octanol–water partition coefficient (Wildman–Crippen LogP) is 3.31. The van der Waals surface area contributed by atoms with E-state index in [1.165, 1.54) is 4.90 Å². The lowest BCUT2D eigenvalue weighted by Crippen LogP contribution is -2.46. The molecule has 1 rings (SSSR count). The molecule has 0 aliphatic heterocycles. The van der Waals surface area contributed by atoms with Crippen molar-refractivity contribution in [1.29, 1.82) is 0 Å². The highest BCUT2D eigenvalue weighted by molar-refractivity contribution is 7.99. The topological polar surface area (TPSA) is 32.3 Å². The molecule has 18 heavy (non-hydrogen) atoms. The molecule has 0 heterocycles. The van der Waals surface area contributed by atoms with Crippen LogP contribution in [0, 0.1) is 0 Å². The second-order valence-electron chi connectivity index (χ2n) is 4.91. The monoisotopic (exact) mass is 267 g/mol. The maximum atomic E-state index is 9.46. The Morgan fingerprint density at radius 3 is 2.61 bits per heavy atom. The minimum absolute atomic E-state index is 0.118. The van der Waals surface area contributed by atoms with Crippen molar-refractivity contribution in [3.63, 3.8) is 0 Å². The molecule has 0 saturated heterocycles. The highest BCUT2D eigenvalue weighted by atomic mass is 32.2. The van der Waals surface area contributed by atoms with Gasteiger partial charge in [-0.3, -0.25) is 0 Å². The van der Waals surface area contributed by atoms with Crippen LogP contribution in [-0.4, -0.2) is 29.5 Å². The van der Waals surface area contributed by atoms with E-state index in [-0.39, 0.29) is 12.1 Å². The first-order valence-electron chi connectivity index (χ1n) is 6.74. The number of aliphatic hydroxyl groups is 1. The van der Waals surface area contributed by atoms with E-state index in [0.717, 1.165) is 31.6 Å². The maximum Gasteiger partial charge on any atom is 0.0610 e. The first kappa shape index (κ1) is 15.5.